The second kappa shape index (κ2) is 7.69. The largest absolute Gasteiger partial charge is 0.481 e. The first-order chi connectivity index (χ1) is 6.93. The highest BCUT2D eigenvalue weighted by Gasteiger charge is 2.11. The molecule has 0 radical (unpaired) electrons. The van der Waals surface area contributed by atoms with Crippen LogP contribution in [-0.4, -0.2) is 36.1 Å². The highest BCUT2D eigenvalue weighted by atomic mass is 16.4. The Balaban J connectivity index is 3.48. The molecule has 0 spiro atoms. The van der Waals surface area contributed by atoms with Gasteiger partial charge in [0.2, 0.25) is 0 Å². The van der Waals surface area contributed by atoms with Gasteiger partial charge in [0.1, 0.15) is 0 Å². The summed E-state index contributed by atoms with van der Waals surface area (Å²) < 4.78 is 0. The van der Waals surface area contributed by atoms with Gasteiger partial charge < -0.3 is 10.0 Å². The fraction of sp³-hybridized carbons (Fsp3) is 0.917. The van der Waals surface area contributed by atoms with Crippen molar-refractivity contribution in [2.45, 2.75) is 40.0 Å². The van der Waals surface area contributed by atoms with Crippen LogP contribution in [0.3, 0.4) is 0 Å². The van der Waals surface area contributed by atoms with Crippen molar-refractivity contribution in [2.75, 3.05) is 20.1 Å². The molecule has 0 rings (SSSR count). The molecule has 0 amide bonds. The van der Waals surface area contributed by atoms with Crippen molar-refractivity contribution in [3.63, 3.8) is 0 Å². The average Bonchev–Trinajstić information content (AvgIpc) is 2.13. The van der Waals surface area contributed by atoms with Gasteiger partial charge in [0, 0.05) is 0 Å². The van der Waals surface area contributed by atoms with Gasteiger partial charge in [0.15, 0.2) is 0 Å². The Bertz CT molecular complexity index is 180. The normalized spacial score (nSPS) is 13.5. The summed E-state index contributed by atoms with van der Waals surface area (Å²) in [5.41, 5.74) is 0. The third-order valence-corrected chi connectivity index (χ3v) is 2.69. The number of hydrogen-bond donors (Lipinski definition) is 1. The number of hydrogen-bond acceptors (Lipinski definition) is 2. The number of carboxylic acids is 1. The molecule has 1 atom stereocenters. The summed E-state index contributed by atoms with van der Waals surface area (Å²) in [5, 5.41) is 8.73. The predicted molar refractivity (Wildman–Crippen MR) is 63.0 cm³/mol. The van der Waals surface area contributed by atoms with Gasteiger partial charge in [-0.3, -0.25) is 4.79 Å². The van der Waals surface area contributed by atoms with Crippen molar-refractivity contribution in [1.82, 2.24) is 4.90 Å². The zero-order chi connectivity index (χ0) is 11.8. The SMILES string of the molecule is CC(C)CCCN(C)CCC(C)C(=O)O. The van der Waals surface area contributed by atoms with Crippen LogP contribution in [0.5, 0.6) is 0 Å². The molecule has 0 saturated carbocycles. The summed E-state index contributed by atoms with van der Waals surface area (Å²) in [6, 6.07) is 0. The Morgan fingerprint density at radius 3 is 2.27 bits per heavy atom. The van der Waals surface area contributed by atoms with Crippen LogP contribution in [0.4, 0.5) is 0 Å². The van der Waals surface area contributed by atoms with E-state index in [9.17, 15) is 4.79 Å². The van der Waals surface area contributed by atoms with E-state index in [0.717, 1.165) is 25.4 Å². The van der Waals surface area contributed by atoms with Gasteiger partial charge in [0.25, 0.3) is 0 Å². The van der Waals surface area contributed by atoms with E-state index in [0.29, 0.717) is 0 Å². The van der Waals surface area contributed by atoms with Gasteiger partial charge in [-0.1, -0.05) is 20.8 Å². The fourth-order valence-corrected chi connectivity index (χ4v) is 1.42. The number of rotatable bonds is 8. The van der Waals surface area contributed by atoms with Crippen LogP contribution >= 0.6 is 0 Å². The highest BCUT2D eigenvalue weighted by molar-refractivity contribution is 5.69. The molecular formula is C12H25NO2. The van der Waals surface area contributed by atoms with Crippen LogP contribution in [0.15, 0.2) is 0 Å². The summed E-state index contributed by atoms with van der Waals surface area (Å²) in [7, 11) is 2.06. The van der Waals surface area contributed by atoms with Crippen molar-refractivity contribution in [3.05, 3.63) is 0 Å². The number of nitrogens with zero attached hydrogens (tertiary/aromatic N) is 1. The topological polar surface area (TPSA) is 40.5 Å². The first kappa shape index (κ1) is 14.4. The van der Waals surface area contributed by atoms with Gasteiger partial charge in [-0.05, 0) is 45.3 Å². The van der Waals surface area contributed by atoms with Crippen molar-refractivity contribution in [2.24, 2.45) is 11.8 Å². The molecule has 0 aliphatic heterocycles. The summed E-state index contributed by atoms with van der Waals surface area (Å²) in [6.45, 7) is 8.18. The lowest BCUT2D eigenvalue weighted by Crippen LogP contribution is -2.24. The number of carboxylic acid groups (broad SMARTS) is 1. The monoisotopic (exact) mass is 215 g/mol. The summed E-state index contributed by atoms with van der Waals surface area (Å²) in [6.07, 6.45) is 3.20. The lowest BCUT2D eigenvalue weighted by Gasteiger charge is -2.18. The zero-order valence-electron chi connectivity index (χ0n) is 10.5. The quantitative estimate of drug-likeness (QED) is 0.676. The zero-order valence-corrected chi connectivity index (χ0v) is 10.5. The van der Waals surface area contributed by atoms with E-state index in [2.05, 4.69) is 25.8 Å². The minimum absolute atomic E-state index is 0.224. The van der Waals surface area contributed by atoms with E-state index in [1.807, 2.05) is 0 Å². The molecule has 0 aliphatic rings. The lowest BCUT2D eigenvalue weighted by atomic mass is 10.1. The van der Waals surface area contributed by atoms with Gasteiger partial charge in [0.05, 0.1) is 5.92 Å². The second-order valence-corrected chi connectivity index (χ2v) is 4.87. The Labute approximate surface area is 93.5 Å². The summed E-state index contributed by atoms with van der Waals surface area (Å²) in [5.74, 6) is -0.153. The number of aliphatic carboxylic acids is 1. The third kappa shape index (κ3) is 8.43. The summed E-state index contributed by atoms with van der Waals surface area (Å²) in [4.78, 5) is 12.8. The standard InChI is InChI=1S/C12H25NO2/c1-10(2)6-5-8-13(4)9-7-11(3)12(14)15/h10-11H,5-9H2,1-4H3,(H,14,15). The molecule has 15 heavy (non-hydrogen) atoms. The Morgan fingerprint density at radius 2 is 1.80 bits per heavy atom. The van der Waals surface area contributed by atoms with E-state index >= 15 is 0 Å². The molecule has 0 fully saturated rings. The van der Waals surface area contributed by atoms with Gasteiger partial charge in [-0.15, -0.1) is 0 Å². The molecule has 0 heterocycles. The fourth-order valence-electron chi connectivity index (χ4n) is 1.42. The van der Waals surface area contributed by atoms with Crippen LogP contribution in [-0.2, 0) is 4.79 Å². The lowest BCUT2D eigenvalue weighted by molar-refractivity contribution is -0.141. The highest BCUT2D eigenvalue weighted by Crippen LogP contribution is 2.06. The molecule has 3 heteroatoms. The second-order valence-electron chi connectivity index (χ2n) is 4.87. The van der Waals surface area contributed by atoms with Crippen molar-refractivity contribution < 1.29 is 9.90 Å². The first-order valence-corrected chi connectivity index (χ1v) is 5.84. The average molecular weight is 215 g/mol. The van der Waals surface area contributed by atoms with Crippen molar-refractivity contribution >= 4 is 5.97 Å². The maximum atomic E-state index is 10.6. The first-order valence-electron chi connectivity index (χ1n) is 5.84. The molecule has 90 valence electrons. The third-order valence-electron chi connectivity index (χ3n) is 2.69. The molecule has 0 aliphatic carbocycles. The molecule has 1 unspecified atom stereocenters. The molecule has 1 N–H and O–H groups in total. The van der Waals surface area contributed by atoms with E-state index in [-0.39, 0.29) is 5.92 Å². The Kier molecular flexibility index (Phi) is 7.39. The van der Waals surface area contributed by atoms with E-state index < -0.39 is 5.97 Å². The van der Waals surface area contributed by atoms with Gasteiger partial charge in [-0.2, -0.15) is 0 Å². The van der Waals surface area contributed by atoms with Crippen LogP contribution in [0, 0.1) is 11.8 Å². The van der Waals surface area contributed by atoms with E-state index in [1.165, 1.54) is 12.8 Å². The van der Waals surface area contributed by atoms with Crippen molar-refractivity contribution in [1.29, 1.82) is 0 Å². The van der Waals surface area contributed by atoms with Crippen molar-refractivity contribution in [3.8, 4) is 0 Å². The van der Waals surface area contributed by atoms with E-state index in [4.69, 9.17) is 5.11 Å². The Morgan fingerprint density at radius 1 is 1.20 bits per heavy atom. The maximum absolute atomic E-state index is 10.6. The van der Waals surface area contributed by atoms with Gasteiger partial charge in [-0.25, -0.2) is 0 Å². The smallest absolute Gasteiger partial charge is 0.306 e. The van der Waals surface area contributed by atoms with Crippen LogP contribution < -0.4 is 0 Å². The molecule has 0 aromatic heterocycles. The molecular weight excluding hydrogens is 190 g/mol. The molecule has 0 aromatic rings. The van der Waals surface area contributed by atoms with E-state index in [1.54, 1.807) is 6.92 Å². The molecule has 0 saturated heterocycles. The number of carbonyl (C=O) groups is 1. The Hall–Kier alpha value is -0.570. The minimum Gasteiger partial charge on any atom is -0.481 e. The molecule has 0 aromatic carbocycles. The van der Waals surface area contributed by atoms with Crippen LogP contribution in [0.1, 0.15) is 40.0 Å². The van der Waals surface area contributed by atoms with Crippen LogP contribution in [0.25, 0.3) is 0 Å². The maximum Gasteiger partial charge on any atom is 0.306 e. The molecule has 0 bridgehead atoms. The predicted octanol–water partition coefficient (Wildman–Crippen LogP) is 2.47. The minimum atomic E-state index is -0.689. The molecule has 3 nitrogen and oxygen atoms in total. The van der Waals surface area contributed by atoms with Gasteiger partial charge >= 0.3 is 5.97 Å². The van der Waals surface area contributed by atoms with Crippen LogP contribution in [0.2, 0.25) is 0 Å². The summed E-state index contributed by atoms with van der Waals surface area (Å²) >= 11 is 0.